The molecule has 1 saturated carbocycles. The molecule has 1 unspecified atom stereocenters. The monoisotopic (exact) mass is 293 g/mol. The van der Waals surface area contributed by atoms with Gasteiger partial charge in [0.1, 0.15) is 5.60 Å². The summed E-state index contributed by atoms with van der Waals surface area (Å²) in [7, 11) is 0. The molecule has 0 N–H and O–H groups in total. The van der Waals surface area contributed by atoms with Crippen LogP contribution in [-0.4, -0.2) is 29.7 Å². The zero-order valence-corrected chi connectivity index (χ0v) is 13.3. The first kappa shape index (κ1) is 13.9. The second-order valence-corrected chi connectivity index (χ2v) is 8.09. The molecule has 0 bridgehead atoms. The van der Waals surface area contributed by atoms with Gasteiger partial charge in [-0.3, -0.25) is 0 Å². The van der Waals surface area contributed by atoms with Gasteiger partial charge in [0.15, 0.2) is 0 Å². The second-order valence-electron chi connectivity index (χ2n) is 7.11. The van der Waals surface area contributed by atoms with Gasteiger partial charge in [-0.25, -0.2) is 4.79 Å². The predicted octanol–water partition coefficient (Wildman–Crippen LogP) is 4.25. The molecule has 1 aliphatic heterocycles. The van der Waals surface area contributed by atoms with E-state index in [1.54, 1.807) is 0 Å². The first-order chi connectivity index (χ1) is 9.40. The molecular weight excluding hydrogens is 270 g/mol. The highest BCUT2D eigenvalue weighted by Crippen LogP contribution is 2.61. The summed E-state index contributed by atoms with van der Waals surface area (Å²) in [6.45, 7) is 7.43. The molecule has 0 radical (unpaired) electrons. The molecule has 3 rings (SSSR count). The van der Waals surface area contributed by atoms with Gasteiger partial charge < -0.3 is 9.64 Å². The van der Waals surface area contributed by atoms with Crippen LogP contribution in [0.25, 0.3) is 0 Å². The van der Waals surface area contributed by atoms with E-state index in [2.05, 4.69) is 17.5 Å². The van der Waals surface area contributed by atoms with Crippen molar-refractivity contribution >= 4 is 17.4 Å². The van der Waals surface area contributed by atoms with Gasteiger partial charge in [0.2, 0.25) is 0 Å². The van der Waals surface area contributed by atoms with Gasteiger partial charge in [-0.2, -0.15) is 0 Å². The molecule has 1 spiro atoms. The Morgan fingerprint density at radius 2 is 2.15 bits per heavy atom. The quantitative estimate of drug-likeness (QED) is 0.774. The molecule has 1 amide bonds. The number of carbonyl (C=O) groups is 1. The van der Waals surface area contributed by atoms with Gasteiger partial charge in [-0.05, 0) is 56.9 Å². The Balaban J connectivity index is 1.72. The van der Waals surface area contributed by atoms with Crippen molar-refractivity contribution in [3.8, 4) is 0 Å². The van der Waals surface area contributed by atoms with Crippen molar-refractivity contribution < 1.29 is 9.53 Å². The van der Waals surface area contributed by atoms with Crippen molar-refractivity contribution in [1.29, 1.82) is 0 Å². The van der Waals surface area contributed by atoms with E-state index in [-0.39, 0.29) is 6.09 Å². The summed E-state index contributed by atoms with van der Waals surface area (Å²) < 4.78 is 5.52. The van der Waals surface area contributed by atoms with Crippen molar-refractivity contribution in [2.75, 3.05) is 13.1 Å². The van der Waals surface area contributed by atoms with Crippen LogP contribution in [0.1, 0.15) is 50.8 Å². The second kappa shape index (κ2) is 4.76. The smallest absolute Gasteiger partial charge is 0.410 e. The van der Waals surface area contributed by atoms with Gasteiger partial charge in [-0.15, -0.1) is 11.3 Å². The molecule has 1 aromatic heterocycles. The zero-order chi connectivity index (χ0) is 14.4. The van der Waals surface area contributed by atoms with Crippen LogP contribution in [0, 0.1) is 5.41 Å². The number of amides is 1. The van der Waals surface area contributed by atoms with Crippen LogP contribution in [0.5, 0.6) is 0 Å². The number of nitrogens with zero attached hydrogens (tertiary/aromatic N) is 1. The minimum absolute atomic E-state index is 0.158. The highest BCUT2D eigenvalue weighted by Gasteiger charge is 2.53. The Hall–Kier alpha value is -1.03. The van der Waals surface area contributed by atoms with E-state index in [1.165, 1.54) is 17.7 Å². The molecule has 1 aliphatic carbocycles. The lowest BCUT2D eigenvalue weighted by Gasteiger charge is -2.39. The molecular formula is C16H23NO2S. The Kier molecular flexibility index (Phi) is 3.32. The Morgan fingerprint density at radius 1 is 1.40 bits per heavy atom. The maximum absolute atomic E-state index is 12.3. The highest BCUT2D eigenvalue weighted by atomic mass is 32.1. The SMILES string of the molecule is CC(C)(C)OC(=O)N1CCC2(CC2)C(c2cccs2)C1. The minimum atomic E-state index is -0.412. The summed E-state index contributed by atoms with van der Waals surface area (Å²) in [6.07, 6.45) is 3.60. The summed E-state index contributed by atoms with van der Waals surface area (Å²) in [4.78, 5) is 15.6. The van der Waals surface area contributed by atoms with Crippen molar-refractivity contribution in [2.24, 2.45) is 5.41 Å². The van der Waals surface area contributed by atoms with E-state index in [9.17, 15) is 4.79 Å². The van der Waals surface area contributed by atoms with Crippen LogP contribution < -0.4 is 0 Å². The maximum Gasteiger partial charge on any atom is 0.410 e. The summed E-state index contributed by atoms with van der Waals surface area (Å²) in [5, 5.41) is 2.14. The number of hydrogen-bond donors (Lipinski definition) is 0. The molecule has 1 atom stereocenters. The average Bonchev–Trinajstić information content (AvgIpc) is 2.90. The summed E-state index contributed by atoms with van der Waals surface area (Å²) in [5.74, 6) is 0.503. The molecule has 110 valence electrons. The molecule has 4 heteroatoms. The fraction of sp³-hybridized carbons (Fsp3) is 0.688. The number of thiophene rings is 1. The predicted molar refractivity (Wildman–Crippen MR) is 81.2 cm³/mol. The molecule has 2 fully saturated rings. The number of carbonyl (C=O) groups excluding carboxylic acids is 1. The van der Waals surface area contributed by atoms with E-state index in [0.717, 1.165) is 19.5 Å². The van der Waals surface area contributed by atoms with Gasteiger partial charge in [0, 0.05) is 23.9 Å². The van der Waals surface area contributed by atoms with Gasteiger partial charge in [-0.1, -0.05) is 6.07 Å². The first-order valence-electron chi connectivity index (χ1n) is 7.41. The largest absolute Gasteiger partial charge is 0.444 e. The van der Waals surface area contributed by atoms with Crippen LogP contribution in [0.4, 0.5) is 4.79 Å². The van der Waals surface area contributed by atoms with E-state index >= 15 is 0 Å². The molecule has 1 aromatic rings. The van der Waals surface area contributed by atoms with E-state index in [4.69, 9.17) is 4.74 Å². The standard InChI is InChI=1S/C16H23NO2S/c1-15(2,3)19-14(18)17-9-8-16(6-7-16)12(11-17)13-5-4-10-20-13/h4-5,10,12H,6-9,11H2,1-3H3. The molecule has 0 aromatic carbocycles. The lowest BCUT2D eigenvalue weighted by Crippen LogP contribution is -2.45. The third-order valence-corrected chi connectivity index (χ3v) is 5.44. The zero-order valence-electron chi connectivity index (χ0n) is 12.5. The average molecular weight is 293 g/mol. The molecule has 2 aliphatic rings. The van der Waals surface area contributed by atoms with E-state index < -0.39 is 5.60 Å². The van der Waals surface area contributed by atoms with Gasteiger partial charge in [0.25, 0.3) is 0 Å². The first-order valence-corrected chi connectivity index (χ1v) is 8.29. The fourth-order valence-electron chi connectivity index (χ4n) is 3.17. The summed E-state index contributed by atoms with van der Waals surface area (Å²) >= 11 is 1.82. The van der Waals surface area contributed by atoms with Crippen molar-refractivity contribution in [3.63, 3.8) is 0 Å². The Labute approximate surface area is 124 Å². The van der Waals surface area contributed by atoms with Crippen LogP contribution in [-0.2, 0) is 4.74 Å². The Morgan fingerprint density at radius 3 is 2.70 bits per heavy atom. The van der Waals surface area contributed by atoms with Crippen molar-refractivity contribution in [3.05, 3.63) is 22.4 Å². The third kappa shape index (κ3) is 2.71. The maximum atomic E-state index is 12.3. The van der Waals surface area contributed by atoms with E-state index in [1.807, 2.05) is 37.0 Å². The van der Waals surface area contributed by atoms with Crippen LogP contribution >= 0.6 is 11.3 Å². The van der Waals surface area contributed by atoms with Gasteiger partial charge >= 0.3 is 6.09 Å². The summed E-state index contributed by atoms with van der Waals surface area (Å²) in [6, 6.07) is 4.33. The molecule has 3 nitrogen and oxygen atoms in total. The number of likely N-dealkylation sites (tertiary alicyclic amines) is 1. The van der Waals surface area contributed by atoms with Crippen molar-refractivity contribution in [1.82, 2.24) is 4.90 Å². The van der Waals surface area contributed by atoms with Crippen molar-refractivity contribution in [2.45, 2.75) is 51.6 Å². The lowest BCUT2D eigenvalue weighted by molar-refractivity contribution is 0.0143. The molecule has 20 heavy (non-hydrogen) atoms. The third-order valence-electron chi connectivity index (χ3n) is 4.45. The molecule has 2 heterocycles. The number of rotatable bonds is 1. The summed E-state index contributed by atoms with van der Waals surface area (Å²) in [5.41, 5.74) is 0.0631. The van der Waals surface area contributed by atoms with Gasteiger partial charge in [0.05, 0.1) is 0 Å². The topological polar surface area (TPSA) is 29.5 Å². The number of ether oxygens (including phenoxy) is 1. The molecule has 1 saturated heterocycles. The Bertz CT molecular complexity index is 485. The lowest BCUT2D eigenvalue weighted by atomic mass is 9.81. The number of piperidine rings is 1. The fourth-order valence-corrected chi connectivity index (χ4v) is 4.13. The van der Waals surface area contributed by atoms with Crippen LogP contribution in [0.2, 0.25) is 0 Å². The van der Waals surface area contributed by atoms with Crippen LogP contribution in [0.3, 0.4) is 0 Å². The highest BCUT2D eigenvalue weighted by molar-refractivity contribution is 7.10. The van der Waals surface area contributed by atoms with Crippen LogP contribution in [0.15, 0.2) is 17.5 Å². The van der Waals surface area contributed by atoms with E-state index in [0.29, 0.717) is 11.3 Å². The minimum Gasteiger partial charge on any atom is -0.444 e. The number of hydrogen-bond acceptors (Lipinski definition) is 3. The normalized spacial score (nSPS) is 24.8.